The van der Waals surface area contributed by atoms with Crippen LogP contribution in [0.3, 0.4) is 0 Å². The van der Waals surface area contributed by atoms with E-state index in [0.717, 1.165) is 31.1 Å². The topological polar surface area (TPSA) is 26.6 Å². The number of nitrogens with zero attached hydrogens (tertiary/aromatic N) is 2. The van der Waals surface area contributed by atoms with Crippen molar-refractivity contribution in [1.29, 1.82) is 0 Å². The van der Waals surface area contributed by atoms with Crippen LogP contribution in [0.5, 0.6) is 5.75 Å². The molecule has 4 nitrogen and oxygen atoms in total. The van der Waals surface area contributed by atoms with Crippen LogP contribution in [0.25, 0.3) is 5.69 Å². The third kappa shape index (κ3) is 3.52. The van der Waals surface area contributed by atoms with Gasteiger partial charge >= 0.3 is 0 Å². The molecule has 0 N–H and O–H groups in total. The van der Waals surface area contributed by atoms with Gasteiger partial charge in [0.25, 0.3) is 0 Å². The molecule has 0 saturated carbocycles. The molecule has 1 fully saturated rings. The lowest BCUT2D eigenvalue weighted by atomic mass is 10.1. The van der Waals surface area contributed by atoms with Crippen molar-refractivity contribution in [3.05, 3.63) is 83.7 Å². The van der Waals surface area contributed by atoms with E-state index in [4.69, 9.17) is 9.47 Å². The summed E-state index contributed by atoms with van der Waals surface area (Å²) in [5.41, 5.74) is 4.87. The van der Waals surface area contributed by atoms with Crippen molar-refractivity contribution < 1.29 is 9.47 Å². The zero-order valence-corrected chi connectivity index (χ0v) is 15.3. The Kier molecular flexibility index (Phi) is 4.78. The predicted octanol–water partition coefficient (Wildman–Crippen LogP) is 4.33. The fourth-order valence-corrected chi connectivity index (χ4v) is 3.39. The Hall–Kier alpha value is -2.56. The lowest BCUT2D eigenvalue weighted by molar-refractivity contribution is 0.0288. The third-order valence-corrected chi connectivity index (χ3v) is 4.84. The number of benzene rings is 2. The molecule has 0 spiro atoms. The fourth-order valence-electron chi connectivity index (χ4n) is 3.39. The van der Waals surface area contributed by atoms with Gasteiger partial charge in [-0.3, -0.25) is 4.90 Å². The van der Waals surface area contributed by atoms with Crippen molar-refractivity contribution in [3.63, 3.8) is 0 Å². The highest BCUT2D eigenvalue weighted by Gasteiger charge is 2.27. The minimum absolute atomic E-state index is 0.00293. The van der Waals surface area contributed by atoms with E-state index in [2.05, 4.69) is 65.2 Å². The Labute approximate surface area is 154 Å². The second-order valence-electron chi connectivity index (χ2n) is 6.73. The molecule has 4 rings (SSSR count). The van der Waals surface area contributed by atoms with Gasteiger partial charge in [-0.25, -0.2) is 0 Å². The van der Waals surface area contributed by atoms with Gasteiger partial charge in [0, 0.05) is 42.8 Å². The van der Waals surface area contributed by atoms with Gasteiger partial charge < -0.3 is 14.0 Å². The van der Waals surface area contributed by atoms with E-state index >= 15 is 0 Å². The first-order valence-electron chi connectivity index (χ1n) is 8.96. The van der Waals surface area contributed by atoms with Crippen LogP contribution in [0.1, 0.15) is 22.9 Å². The highest BCUT2D eigenvalue weighted by Crippen LogP contribution is 2.30. The van der Waals surface area contributed by atoms with E-state index in [0.29, 0.717) is 0 Å². The van der Waals surface area contributed by atoms with E-state index in [1.807, 2.05) is 18.2 Å². The van der Waals surface area contributed by atoms with Crippen molar-refractivity contribution in [2.75, 3.05) is 20.3 Å². The smallest absolute Gasteiger partial charge is 0.138 e. The zero-order chi connectivity index (χ0) is 17.9. The minimum Gasteiger partial charge on any atom is -0.497 e. The summed E-state index contributed by atoms with van der Waals surface area (Å²) in [5.74, 6) is 0.857. The van der Waals surface area contributed by atoms with Crippen LogP contribution in [0.4, 0.5) is 0 Å². The molecule has 26 heavy (non-hydrogen) atoms. The summed E-state index contributed by atoms with van der Waals surface area (Å²) >= 11 is 0. The lowest BCUT2D eigenvalue weighted by Gasteiger charge is -2.22. The minimum atomic E-state index is 0.00293. The van der Waals surface area contributed by atoms with Crippen molar-refractivity contribution in [2.45, 2.75) is 19.7 Å². The molecule has 1 aromatic heterocycles. The van der Waals surface area contributed by atoms with Crippen LogP contribution in [0.15, 0.2) is 67.0 Å². The van der Waals surface area contributed by atoms with E-state index in [-0.39, 0.29) is 6.23 Å². The van der Waals surface area contributed by atoms with Crippen LogP contribution in [-0.4, -0.2) is 29.7 Å². The Morgan fingerprint density at radius 1 is 1.12 bits per heavy atom. The Morgan fingerprint density at radius 3 is 2.77 bits per heavy atom. The number of hydrogen-bond donors (Lipinski definition) is 0. The average Bonchev–Trinajstić information content (AvgIpc) is 3.33. The molecule has 0 bridgehead atoms. The highest BCUT2D eigenvalue weighted by molar-refractivity contribution is 5.40. The van der Waals surface area contributed by atoms with Gasteiger partial charge in [0.2, 0.25) is 0 Å². The summed E-state index contributed by atoms with van der Waals surface area (Å²) in [6, 6.07) is 18.9. The Morgan fingerprint density at radius 2 is 1.96 bits per heavy atom. The van der Waals surface area contributed by atoms with Crippen molar-refractivity contribution >= 4 is 0 Å². The highest BCUT2D eigenvalue weighted by atomic mass is 16.5. The van der Waals surface area contributed by atoms with Crippen LogP contribution in [0.2, 0.25) is 0 Å². The molecule has 1 saturated heterocycles. The fraction of sp³-hybridized carbons (Fsp3) is 0.273. The summed E-state index contributed by atoms with van der Waals surface area (Å²) in [5, 5.41) is 0. The van der Waals surface area contributed by atoms with Gasteiger partial charge in [-0.1, -0.05) is 35.9 Å². The van der Waals surface area contributed by atoms with E-state index in [1.165, 1.54) is 16.7 Å². The largest absolute Gasteiger partial charge is 0.497 e. The van der Waals surface area contributed by atoms with Crippen LogP contribution in [-0.2, 0) is 11.3 Å². The van der Waals surface area contributed by atoms with Gasteiger partial charge in [-0.05, 0) is 30.7 Å². The van der Waals surface area contributed by atoms with Crippen LogP contribution >= 0.6 is 0 Å². The number of aromatic nitrogens is 1. The number of hydrogen-bond acceptors (Lipinski definition) is 3. The maximum Gasteiger partial charge on any atom is 0.138 e. The molecule has 4 heteroatoms. The summed E-state index contributed by atoms with van der Waals surface area (Å²) in [6.07, 6.45) is 4.23. The molecule has 134 valence electrons. The van der Waals surface area contributed by atoms with Gasteiger partial charge in [0.05, 0.1) is 13.7 Å². The molecule has 1 aliphatic rings. The number of methoxy groups -OCH3 is 1. The number of aryl methyl sites for hydroxylation is 1. The first kappa shape index (κ1) is 16.9. The molecule has 0 unspecified atom stereocenters. The molecule has 1 atom stereocenters. The van der Waals surface area contributed by atoms with Crippen molar-refractivity contribution in [2.24, 2.45) is 0 Å². The third-order valence-electron chi connectivity index (χ3n) is 4.84. The van der Waals surface area contributed by atoms with E-state index < -0.39 is 0 Å². The number of rotatable bonds is 5. The van der Waals surface area contributed by atoms with Crippen molar-refractivity contribution in [3.8, 4) is 11.4 Å². The second-order valence-corrected chi connectivity index (χ2v) is 6.73. The first-order valence-corrected chi connectivity index (χ1v) is 8.96. The standard InChI is InChI=1S/C22H24N2O2/c1-17-6-8-18(9-7-17)15-24-12-13-26-22(24)19-10-11-23(16-19)20-4-3-5-21(14-20)25-2/h3-11,14,16,22H,12-13,15H2,1-2H3/t22-/m1/s1. The SMILES string of the molecule is COc1cccc(-n2ccc([C@H]3OCCN3Cc3ccc(C)cc3)c2)c1. The van der Waals surface area contributed by atoms with Gasteiger partial charge in [0.1, 0.15) is 12.0 Å². The second kappa shape index (κ2) is 7.36. The summed E-state index contributed by atoms with van der Waals surface area (Å²) < 4.78 is 13.5. The van der Waals surface area contributed by atoms with Crippen molar-refractivity contribution in [1.82, 2.24) is 9.47 Å². The molecule has 0 aliphatic carbocycles. The maximum absolute atomic E-state index is 6.03. The first-order chi connectivity index (χ1) is 12.7. The summed E-state index contributed by atoms with van der Waals surface area (Å²) in [4.78, 5) is 2.38. The average molecular weight is 348 g/mol. The molecular formula is C22H24N2O2. The maximum atomic E-state index is 6.03. The van der Waals surface area contributed by atoms with Crippen LogP contribution in [0, 0.1) is 6.92 Å². The molecule has 2 aromatic carbocycles. The molecule has 3 aromatic rings. The Balaban J connectivity index is 1.53. The van der Waals surface area contributed by atoms with Gasteiger partial charge in [-0.15, -0.1) is 0 Å². The summed E-state index contributed by atoms with van der Waals surface area (Å²) in [6.45, 7) is 4.73. The zero-order valence-electron chi connectivity index (χ0n) is 15.3. The number of ether oxygens (including phenoxy) is 2. The molecule has 2 heterocycles. The van der Waals surface area contributed by atoms with Gasteiger partial charge in [-0.2, -0.15) is 0 Å². The normalized spacial score (nSPS) is 17.5. The molecule has 0 radical (unpaired) electrons. The molecule has 0 amide bonds. The van der Waals surface area contributed by atoms with E-state index in [1.54, 1.807) is 7.11 Å². The molecular weight excluding hydrogens is 324 g/mol. The molecule has 1 aliphatic heterocycles. The quantitative estimate of drug-likeness (QED) is 0.687. The van der Waals surface area contributed by atoms with Crippen LogP contribution < -0.4 is 4.74 Å². The Bertz CT molecular complexity index is 870. The monoisotopic (exact) mass is 348 g/mol. The lowest BCUT2D eigenvalue weighted by Crippen LogP contribution is -2.23. The summed E-state index contributed by atoms with van der Waals surface area (Å²) in [7, 11) is 1.69. The predicted molar refractivity (Wildman–Crippen MR) is 103 cm³/mol. The van der Waals surface area contributed by atoms with Gasteiger partial charge in [0.15, 0.2) is 0 Å². The van der Waals surface area contributed by atoms with E-state index in [9.17, 15) is 0 Å².